The van der Waals surface area contributed by atoms with Crippen molar-refractivity contribution in [3.63, 3.8) is 0 Å². The van der Waals surface area contributed by atoms with Gasteiger partial charge in [-0.05, 0) is 31.9 Å². The van der Waals surface area contributed by atoms with Crippen LogP contribution in [0.2, 0.25) is 0 Å². The molecule has 4 heterocycles. The zero-order chi connectivity index (χ0) is 18.6. The number of pyridine rings is 1. The second kappa shape index (κ2) is 8.42. The van der Waals surface area contributed by atoms with Crippen LogP contribution in [0.5, 0.6) is 0 Å². The minimum absolute atomic E-state index is 0.753. The Balaban J connectivity index is 1.58. The number of hydrogen-bond donors (Lipinski definition) is 1. The van der Waals surface area contributed by atoms with Crippen molar-refractivity contribution in [3.8, 4) is 6.07 Å². The molecular weight excluding hydrogens is 340 g/mol. The SMILES string of the molecule is CN1CCc2c(C#N)c(NCCN3CCOCC3)nc(N3CCCC3)c2C1. The molecule has 3 aliphatic rings. The largest absolute Gasteiger partial charge is 0.379 e. The van der Waals surface area contributed by atoms with Crippen LogP contribution in [0, 0.1) is 11.3 Å². The third-order valence-electron chi connectivity index (χ3n) is 5.90. The second-order valence-corrected chi connectivity index (χ2v) is 7.79. The summed E-state index contributed by atoms with van der Waals surface area (Å²) in [4.78, 5) is 12.1. The number of morpholine rings is 1. The maximum Gasteiger partial charge on any atom is 0.146 e. The third-order valence-corrected chi connectivity index (χ3v) is 5.90. The fourth-order valence-corrected chi connectivity index (χ4v) is 4.35. The minimum atomic E-state index is 0.753. The van der Waals surface area contributed by atoms with E-state index in [2.05, 4.69) is 33.1 Å². The third kappa shape index (κ3) is 4.03. The molecule has 0 amide bonds. The minimum Gasteiger partial charge on any atom is -0.379 e. The number of hydrogen-bond acceptors (Lipinski definition) is 7. The van der Waals surface area contributed by atoms with Gasteiger partial charge in [-0.3, -0.25) is 4.90 Å². The highest BCUT2D eigenvalue weighted by Crippen LogP contribution is 2.34. The van der Waals surface area contributed by atoms with E-state index < -0.39 is 0 Å². The Hall–Kier alpha value is -1.88. The lowest BCUT2D eigenvalue weighted by molar-refractivity contribution is 0.0398. The molecule has 0 aromatic carbocycles. The summed E-state index contributed by atoms with van der Waals surface area (Å²) in [5.74, 6) is 1.87. The highest BCUT2D eigenvalue weighted by molar-refractivity contribution is 5.67. The van der Waals surface area contributed by atoms with Crippen LogP contribution in [-0.4, -0.2) is 80.9 Å². The number of nitriles is 1. The molecule has 0 unspecified atom stereocenters. The lowest BCUT2D eigenvalue weighted by atomic mass is 9.95. The molecule has 2 fully saturated rings. The van der Waals surface area contributed by atoms with E-state index in [1.54, 1.807) is 0 Å². The molecule has 3 aliphatic heterocycles. The van der Waals surface area contributed by atoms with Crippen LogP contribution in [0.25, 0.3) is 0 Å². The first-order chi connectivity index (χ1) is 13.3. The van der Waals surface area contributed by atoms with E-state index in [0.29, 0.717) is 0 Å². The molecule has 1 aromatic rings. The lowest BCUT2D eigenvalue weighted by Crippen LogP contribution is -2.39. The van der Waals surface area contributed by atoms with Crippen molar-refractivity contribution in [1.82, 2.24) is 14.8 Å². The summed E-state index contributed by atoms with van der Waals surface area (Å²) in [6, 6.07) is 2.45. The van der Waals surface area contributed by atoms with E-state index in [-0.39, 0.29) is 0 Å². The van der Waals surface area contributed by atoms with Crippen molar-refractivity contribution in [2.45, 2.75) is 25.8 Å². The van der Waals surface area contributed by atoms with Crippen LogP contribution >= 0.6 is 0 Å². The fourth-order valence-electron chi connectivity index (χ4n) is 4.35. The van der Waals surface area contributed by atoms with Gasteiger partial charge in [0.15, 0.2) is 0 Å². The molecule has 0 saturated carbocycles. The van der Waals surface area contributed by atoms with Gasteiger partial charge >= 0.3 is 0 Å². The molecule has 27 heavy (non-hydrogen) atoms. The van der Waals surface area contributed by atoms with Gasteiger partial charge in [-0.25, -0.2) is 4.98 Å². The number of likely N-dealkylation sites (N-methyl/N-ethyl adjacent to an activating group) is 1. The summed E-state index contributed by atoms with van der Waals surface area (Å²) in [5.41, 5.74) is 3.23. The molecule has 4 rings (SSSR count). The van der Waals surface area contributed by atoms with Crippen molar-refractivity contribution < 1.29 is 4.74 Å². The van der Waals surface area contributed by atoms with Gasteiger partial charge in [0.1, 0.15) is 17.7 Å². The first-order valence-electron chi connectivity index (χ1n) is 10.2. The molecule has 7 nitrogen and oxygen atoms in total. The topological polar surface area (TPSA) is 67.7 Å². The zero-order valence-corrected chi connectivity index (χ0v) is 16.3. The smallest absolute Gasteiger partial charge is 0.146 e. The van der Waals surface area contributed by atoms with Gasteiger partial charge in [-0.1, -0.05) is 0 Å². The van der Waals surface area contributed by atoms with Crippen LogP contribution in [0.3, 0.4) is 0 Å². The molecule has 7 heteroatoms. The van der Waals surface area contributed by atoms with Gasteiger partial charge in [-0.2, -0.15) is 5.26 Å². The highest BCUT2D eigenvalue weighted by atomic mass is 16.5. The van der Waals surface area contributed by atoms with E-state index in [9.17, 15) is 5.26 Å². The summed E-state index contributed by atoms with van der Waals surface area (Å²) >= 11 is 0. The number of anilines is 2. The maximum absolute atomic E-state index is 9.86. The fraction of sp³-hybridized carbons (Fsp3) is 0.700. The van der Waals surface area contributed by atoms with Gasteiger partial charge in [0.25, 0.3) is 0 Å². The molecule has 0 atom stereocenters. The average Bonchev–Trinajstić information content (AvgIpc) is 3.23. The molecule has 0 aliphatic carbocycles. The van der Waals surface area contributed by atoms with E-state index in [4.69, 9.17) is 9.72 Å². The van der Waals surface area contributed by atoms with Gasteiger partial charge in [0, 0.05) is 57.9 Å². The standard InChI is InChI=1S/C20H30N6O/c1-24-8-4-16-17(14-21)19(22-5-9-25-10-12-27-13-11-25)23-20(18(16)15-24)26-6-2-3-7-26/h2-13,15H2,1H3,(H,22,23). The number of ether oxygens (including phenoxy) is 1. The highest BCUT2D eigenvalue weighted by Gasteiger charge is 2.27. The van der Waals surface area contributed by atoms with E-state index in [1.807, 2.05) is 0 Å². The number of nitrogens with zero attached hydrogens (tertiary/aromatic N) is 5. The molecule has 1 N–H and O–H groups in total. The average molecular weight is 371 g/mol. The van der Waals surface area contributed by atoms with Crippen molar-refractivity contribution in [2.24, 2.45) is 0 Å². The number of aromatic nitrogens is 1. The molecule has 2 saturated heterocycles. The molecule has 0 spiro atoms. The number of rotatable bonds is 5. The first kappa shape index (κ1) is 18.5. The number of fused-ring (bicyclic) bond motifs is 1. The van der Waals surface area contributed by atoms with E-state index in [1.165, 1.54) is 24.0 Å². The van der Waals surface area contributed by atoms with Gasteiger partial charge in [0.05, 0.1) is 18.8 Å². The Kier molecular flexibility index (Phi) is 5.77. The molecule has 0 bridgehead atoms. The Morgan fingerprint density at radius 2 is 1.89 bits per heavy atom. The molecule has 0 radical (unpaired) electrons. The van der Waals surface area contributed by atoms with Crippen LogP contribution in [0.4, 0.5) is 11.6 Å². The van der Waals surface area contributed by atoms with Gasteiger partial charge in [0.2, 0.25) is 0 Å². The van der Waals surface area contributed by atoms with Crippen LogP contribution in [0.15, 0.2) is 0 Å². The summed E-state index contributed by atoms with van der Waals surface area (Å²) in [6.07, 6.45) is 3.38. The second-order valence-electron chi connectivity index (χ2n) is 7.79. The van der Waals surface area contributed by atoms with Crippen LogP contribution in [0.1, 0.15) is 29.5 Å². The predicted molar refractivity (Wildman–Crippen MR) is 106 cm³/mol. The summed E-state index contributed by atoms with van der Waals surface area (Å²) in [5, 5.41) is 13.3. The molecule has 1 aromatic heterocycles. The number of nitrogens with one attached hydrogen (secondary N) is 1. The van der Waals surface area contributed by atoms with Crippen LogP contribution < -0.4 is 10.2 Å². The summed E-state index contributed by atoms with van der Waals surface area (Å²) in [7, 11) is 2.15. The Labute approximate surface area is 161 Å². The first-order valence-corrected chi connectivity index (χ1v) is 10.2. The maximum atomic E-state index is 9.86. The molecule has 146 valence electrons. The molecular formula is C20H30N6O. The van der Waals surface area contributed by atoms with Crippen molar-refractivity contribution in [3.05, 3.63) is 16.7 Å². The summed E-state index contributed by atoms with van der Waals surface area (Å²) < 4.78 is 5.42. The lowest BCUT2D eigenvalue weighted by Gasteiger charge is -2.31. The van der Waals surface area contributed by atoms with Crippen molar-refractivity contribution in [2.75, 3.05) is 76.3 Å². The monoisotopic (exact) mass is 370 g/mol. The van der Waals surface area contributed by atoms with Crippen molar-refractivity contribution in [1.29, 1.82) is 5.26 Å². The quantitative estimate of drug-likeness (QED) is 0.837. The van der Waals surface area contributed by atoms with Gasteiger partial charge < -0.3 is 19.9 Å². The normalized spacial score (nSPS) is 21.1. The van der Waals surface area contributed by atoms with E-state index in [0.717, 1.165) is 89.2 Å². The zero-order valence-electron chi connectivity index (χ0n) is 16.3. The Morgan fingerprint density at radius 3 is 2.63 bits per heavy atom. The van der Waals surface area contributed by atoms with Crippen molar-refractivity contribution >= 4 is 11.6 Å². The Bertz CT molecular complexity index is 703. The van der Waals surface area contributed by atoms with Crippen LogP contribution in [-0.2, 0) is 17.7 Å². The van der Waals surface area contributed by atoms with E-state index >= 15 is 0 Å². The Morgan fingerprint density at radius 1 is 1.11 bits per heavy atom. The predicted octanol–water partition coefficient (Wildman–Crippen LogP) is 1.29. The van der Waals surface area contributed by atoms with Gasteiger partial charge in [-0.15, -0.1) is 0 Å². The summed E-state index contributed by atoms with van der Waals surface area (Å²) in [6.45, 7) is 9.38.